The fourth-order valence-electron chi connectivity index (χ4n) is 3.93. The summed E-state index contributed by atoms with van der Waals surface area (Å²) in [5.41, 5.74) is 0.983. The van der Waals surface area contributed by atoms with Gasteiger partial charge in [0.05, 0.1) is 23.8 Å². The largest absolute Gasteiger partial charge is 0.450 e. The lowest BCUT2D eigenvalue weighted by molar-refractivity contribution is -0.121. The van der Waals surface area contributed by atoms with Crippen LogP contribution in [0, 0.1) is 5.92 Å². The van der Waals surface area contributed by atoms with Crippen molar-refractivity contribution >= 4 is 23.6 Å². The molecule has 0 spiro atoms. The summed E-state index contributed by atoms with van der Waals surface area (Å²) >= 11 is 0. The second-order valence-corrected chi connectivity index (χ2v) is 7.47. The molecule has 3 rings (SSSR count). The summed E-state index contributed by atoms with van der Waals surface area (Å²) in [5.74, 6) is -0.640. The number of carbonyl (C=O) groups is 3. The number of anilines is 1. The van der Waals surface area contributed by atoms with E-state index in [0.717, 1.165) is 32.1 Å². The van der Waals surface area contributed by atoms with E-state index in [1.807, 2.05) is 0 Å². The van der Waals surface area contributed by atoms with Crippen LogP contribution in [0.3, 0.4) is 0 Å². The van der Waals surface area contributed by atoms with Crippen LogP contribution in [0.25, 0.3) is 0 Å². The molecule has 0 aromatic heterocycles. The third kappa shape index (κ3) is 5.03. The Labute approximate surface area is 165 Å². The highest BCUT2D eigenvalue weighted by molar-refractivity contribution is 6.04. The number of likely N-dealkylation sites (tertiary alicyclic amines) is 1. The maximum Gasteiger partial charge on any atom is 0.409 e. The summed E-state index contributed by atoms with van der Waals surface area (Å²) in [6, 6.07) is 7.28. The van der Waals surface area contributed by atoms with Gasteiger partial charge in [-0.1, -0.05) is 25.0 Å². The molecule has 152 valence electrons. The van der Waals surface area contributed by atoms with Gasteiger partial charge in [-0.3, -0.25) is 9.59 Å². The number of hydrogen-bond acceptors (Lipinski definition) is 4. The first-order valence-corrected chi connectivity index (χ1v) is 10.2. The van der Waals surface area contributed by atoms with Gasteiger partial charge < -0.3 is 20.3 Å². The van der Waals surface area contributed by atoms with Gasteiger partial charge in [-0.2, -0.15) is 0 Å². The molecule has 1 aliphatic heterocycles. The summed E-state index contributed by atoms with van der Waals surface area (Å²) in [6.07, 6.45) is 5.37. The Morgan fingerprint density at radius 3 is 2.61 bits per heavy atom. The molecule has 2 aliphatic rings. The number of hydrogen-bond donors (Lipinski definition) is 2. The number of amides is 3. The molecular weight excluding hydrogens is 358 g/mol. The molecule has 0 bridgehead atoms. The fourth-order valence-corrected chi connectivity index (χ4v) is 3.93. The van der Waals surface area contributed by atoms with E-state index in [1.54, 1.807) is 36.1 Å². The van der Waals surface area contributed by atoms with Crippen LogP contribution < -0.4 is 10.6 Å². The van der Waals surface area contributed by atoms with Crippen molar-refractivity contribution in [2.24, 2.45) is 5.92 Å². The third-order valence-corrected chi connectivity index (χ3v) is 5.44. The van der Waals surface area contributed by atoms with E-state index >= 15 is 0 Å². The lowest BCUT2D eigenvalue weighted by Gasteiger charge is -2.31. The monoisotopic (exact) mass is 387 g/mol. The molecule has 0 unspecified atom stereocenters. The molecule has 3 amide bonds. The Balaban J connectivity index is 1.63. The van der Waals surface area contributed by atoms with Crippen LogP contribution >= 0.6 is 0 Å². The average Bonchev–Trinajstić information content (AvgIpc) is 3.21. The molecule has 7 heteroatoms. The van der Waals surface area contributed by atoms with Gasteiger partial charge in [-0.05, 0) is 44.7 Å². The molecule has 2 N–H and O–H groups in total. The second kappa shape index (κ2) is 9.57. The van der Waals surface area contributed by atoms with E-state index in [-0.39, 0.29) is 29.9 Å². The zero-order valence-electron chi connectivity index (χ0n) is 16.4. The van der Waals surface area contributed by atoms with Gasteiger partial charge in [0.15, 0.2) is 0 Å². The lowest BCUT2D eigenvalue weighted by atomic mass is 9.97. The van der Waals surface area contributed by atoms with Crippen LogP contribution in [0.5, 0.6) is 0 Å². The van der Waals surface area contributed by atoms with Crippen molar-refractivity contribution < 1.29 is 19.1 Å². The normalized spacial score (nSPS) is 19.9. The van der Waals surface area contributed by atoms with E-state index in [4.69, 9.17) is 4.74 Å². The summed E-state index contributed by atoms with van der Waals surface area (Å²) in [5, 5.41) is 5.96. The van der Waals surface area contributed by atoms with E-state index in [9.17, 15) is 14.4 Å². The molecule has 1 aliphatic carbocycles. The number of benzene rings is 1. The van der Waals surface area contributed by atoms with Gasteiger partial charge in [0, 0.05) is 19.1 Å². The molecule has 7 nitrogen and oxygen atoms in total. The van der Waals surface area contributed by atoms with Crippen LogP contribution in [-0.4, -0.2) is 48.5 Å². The number of para-hydroxylation sites is 1. The van der Waals surface area contributed by atoms with Crippen molar-refractivity contribution in [2.75, 3.05) is 25.0 Å². The summed E-state index contributed by atoms with van der Waals surface area (Å²) in [6.45, 7) is 3.01. The van der Waals surface area contributed by atoms with Gasteiger partial charge in [0.2, 0.25) is 5.91 Å². The van der Waals surface area contributed by atoms with Crippen molar-refractivity contribution in [3.05, 3.63) is 29.8 Å². The van der Waals surface area contributed by atoms with Gasteiger partial charge in [0.25, 0.3) is 5.91 Å². The van der Waals surface area contributed by atoms with Crippen LogP contribution in [0.15, 0.2) is 24.3 Å². The molecule has 0 radical (unpaired) electrons. The number of rotatable bonds is 5. The zero-order chi connectivity index (χ0) is 19.9. The maximum absolute atomic E-state index is 12.8. The number of piperidine rings is 1. The maximum atomic E-state index is 12.8. The summed E-state index contributed by atoms with van der Waals surface area (Å²) in [4.78, 5) is 39.0. The minimum atomic E-state index is -0.378. The molecule has 1 aromatic carbocycles. The number of nitrogens with one attached hydrogen (secondary N) is 2. The minimum absolute atomic E-state index is 0.153. The molecule has 28 heavy (non-hydrogen) atoms. The molecule has 1 heterocycles. The Kier molecular flexibility index (Phi) is 6.90. The van der Waals surface area contributed by atoms with E-state index < -0.39 is 0 Å². The number of ether oxygens (including phenoxy) is 1. The second-order valence-electron chi connectivity index (χ2n) is 7.47. The minimum Gasteiger partial charge on any atom is -0.450 e. The standard InChI is InChI=1S/C21H29N3O4/c1-2-28-21(27)24-13-7-8-15(14-24)19(25)23-18-12-6-5-11-17(18)20(26)22-16-9-3-4-10-16/h5-6,11-12,15-16H,2-4,7-10,13-14H2,1H3,(H,22,26)(H,23,25)/t15-/m0/s1. The zero-order valence-corrected chi connectivity index (χ0v) is 16.4. The predicted molar refractivity (Wildman–Crippen MR) is 106 cm³/mol. The molecule has 2 fully saturated rings. The van der Waals surface area contributed by atoms with Gasteiger partial charge >= 0.3 is 6.09 Å². The quantitative estimate of drug-likeness (QED) is 0.812. The Morgan fingerprint density at radius 2 is 1.86 bits per heavy atom. The molecule has 1 saturated heterocycles. The third-order valence-electron chi connectivity index (χ3n) is 5.44. The van der Waals surface area contributed by atoms with E-state index in [0.29, 0.717) is 37.4 Å². The first-order valence-electron chi connectivity index (χ1n) is 10.2. The summed E-state index contributed by atoms with van der Waals surface area (Å²) < 4.78 is 5.04. The van der Waals surface area contributed by atoms with E-state index in [2.05, 4.69) is 10.6 Å². The summed E-state index contributed by atoms with van der Waals surface area (Å²) in [7, 11) is 0. The Bertz CT molecular complexity index is 715. The van der Waals surface area contributed by atoms with Gasteiger partial charge in [-0.25, -0.2) is 4.79 Å². The van der Waals surface area contributed by atoms with Crippen molar-refractivity contribution in [3.8, 4) is 0 Å². The van der Waals surface area contributed by atoms with Crippen molar-refractivity contribution in [1.29, 1.82) is 0 Å². The highest BCUT2D eigenvalue weighted by Gasteiger charge is 2.30. The molecule has 1 atom stereocenters. The topological polar surface area (TPSA) is 87.7 Å². The number of nitrogens with zero attached hydrogens (tertiary/aromatic N) is 1. The molecule has 1 aromatic rings. The predicted octanol–water partition coefficient (Wildman–Crippen LogP) is 3.17. The van der Waals surface area contributed by atoms with Crippen LogP contribution in [0.2, 0.25) is 0 Å². The lowest BCUT2D eigenvalue weighted by Crippen LogP contribution is -2.44. The van der Waals surface area contributed by atoms with Crippen LogP contribution in [0.1, 0.15) is 55.8 Å². The molecular formula is C21H29N3O4. The smallest absolute Gasteiger partial charge is 0.409 e. The highest BCUT2D eigenvalue weighted by atomic mass is 16.6. The average molecular weight is 387 g/mol. The van der Waals surface area contributed by atoms with Gasteiger partial charge in [-0.15, -0.1) is 0 Å². The van der Waals surface area contributed by atoms with Gasteiger partial charge in [0.1, 0.15) is 0 Å². The first-order chi connectivity index (χ1) is 13.6. The Morgan fingerprint density at radius 1 is 1.11 bits per heavy atom. The van der Waals surface area contributed by atoms with Crippen molar-refractivity contribution in [2.45, 2.75) is 51.5 Å². The first kappa shape index (κ1) is 20.2. The van der Waals surface area contributed by atoms with Crippen LogP contribution in [-0.2, 0) is 9.53 Å². The highest BCUT2D eigenvalue weighted by Crippen LogP contribution is 2.23. The van der Waals surface area contributed by atoms with E-state index in [1.165, 1.54) is 0 Å². The van der Waals surface area contributed by atoms with Crippen molar-refractivity contribution in [3.63, 3.8) is 0 Å². The number of carbonyl (C=O) groups excluding carboxylic acids is 3. The van der Waals surface area contributed by atoms with Crippen molar-refractivity contribution in [1.82, 2.24) is 10.2 Å². The Hall–Kier alpha value is -2.57. The SMILES string of the molecule is CCOC(=O)N1CCC[C@H](C(=O)Nc2ccccc2C(=O)NC2CCCC2)C1. The van der Waals surface area contributed by atoms with Crippen LogP contribution in [0.4, 0.5) is 10.5 Å². The molecule has 1 saturated carbocycles. The fraction of sp³-hybridized carbons (Fsp3) is 0.571.